The van der Waals surface area contributed by atoms with Gasteiger partial charge in [-0.2, -0.15) is 0 Å². The van der Waals surface area contributed by atoms with Gasteiger partial charge in [-0.1, -0.05) is 263 Å². The van der Waals surface area contributed by atoms with E-state index in [0.717, 1.165) is 96.3 Å². The predicted molar refractivity (Wildman–Crippen MR) is 313 cm³/mol. The second-order valence-corrected chi connectivity index (χ2v) is 22.1. The van der Waals surface area contributed by atoms with Crippen LogP contribution in [0.4, 0.5) is 0 Å². The molecule has 77 heavy (non-hydrogen) atoms. The number of allylic oxidation sites excluding steroid dienone is 6. The molecule has 0 radical (unpaired) electrons. The summed E-state index contributed by atoms with van der Waals surface area (Å²) in [6.45, 7) is 5.96. The number of carbonyl (C=O) groups excluding carboxylic acids is 3. The first kappa shape index (κ1) is 72.0. The molecule has 0 amide bonds. The van der Waals surface area contributed by atoms with Gasteiger partial charge in [-0.05, 0) is 57.8 Å². The zero-order valence-corrected chi connectivity index (χ0v) is 49.5. The van der Waals surface area contributed by atoms with E-state index in [1.165, 1.54) is 148 Å². The summed E-state index contributed by atoms with van der Waals surface area (Å²) in [7, 11) is 0. The van der Waals surface area contributed by atoms with E-state index in [2.05, 4.69) is 57.2 Å². The Balaban J connectivity index is 2.62. The van der Waals surface area contributed by atoms with Gasteiger partial charge < -0.3 is 39.0 Å². The van der Waals surface area contributed by atoms with Gasteiger partial charge >= 0.3 is 23.9 Å². The molecule has 1 heterocycles. The Hall–Kier alpha value is -3.06. The zero-order chi connectivity index (χ0) is 56.1. The first-order chi connectivity index (χ1) is 37.6. The van der Waals surface area contributed by atoms with Gasteiger partial charge in [0, 0.05) is 19.3 Å². The Morgan fingerprint density at radius 2 is 0.779 bits per heavy atom. The van der Waals surface area contributed by atoms with Crippen molar-refractivity contribution in [2.45, 2.75) is 340 Å². The number of esters is 3. The molecule has 0 aromatic rings. The molecule has 1 rings (SSSR count). The van der Waals surface area contributed by atoms with Crippen molar-refractivity contribution in [2.75, 3.05) is 13.2 Å². The van der Waals surface area contributed by atoms with Crippen molar-refractivity contribution in [1.82, 2.24) is 0 Å². The molecule has 12 heteroatoms. The summed E-state index contributed by atoms with van der Waals surface area (Å²) in [6.07, 6.45) is 51.3. The minimum Gasteiger partial charge on any atom is -0.479 e. The summed E-state index contributed by atoms with van der Waals surface area (Å²) in [5.74, 6) is -3.11. The lowest BCUT2D eigenvalue weighted by Crippen LogP contribution is -2.61. The van der Waals surface area contributed by atoms with Crippen LogP contribution in [0.25, 0.3) is 0 Å². The smallest absolute Gasteiger partial charge is 0.335 e. The average molecular weight is 1090 g/mol. The highest BCUT2D eigenvalue weighted by Crippen LogP contribution is 2.27. The molecule has 1 fully saturated rings. The number of ether oxygens (including phenoxy) is 5. The maximum Gasteiger partial charge on any atom is 0.335 e. The summed E-state index contributed by atoms with van der Waals surface area (Å²) in [5.41, 5.74) is 0. The Bertz CT molecular complexity index is 1480. The number of carboxylic acids is 1. The van der Waals surface area contributed by atoms with E-state index < -0.39 is 67.3 Å². The van der Waals surface area contributed by atoms with E-state index in [9.17, 15) is 34.5 Å². The fourth-order valence-corrected chi connectivity index (χ4v) is 9.79. The van der Waals surface area contributed by atoms with Gasteiger partial charge in [0.1, 0.15) is 18.8 Å². The normalized spacial score (nSPS) is 18.2. The van der Waals surface area contributed by atoms with Gasteiger partial charge in [-0.15, -0.1) is 0 Å². The molecule has 3 N–H and O–H groups in total. The molecule has 0 aromatic heterocycles. The molecule has 1 aliphatic rings. The van der Waals surface area contributed by atoms with Crippen LogP contribution in [-0.2, 0) is 42.9 Å². The van der Waals surface area contributed by atoms with E-state index in [1.54, 1.807) is 0 Å². The SMILES string of the molecule is CCCCC/C=C\C/C=C\C/C=C\CCCCCCCCC(=O)OCC(COC1OC(C(=O)O)C(O)C(O)C1OC(=O)CCCCCCCCCCC)OC(=O)CCCCCCCCCCCCCCCCCCCCC. The summed E-state index contributed by atoms with van der Waals surface area (Å²) < 4.78 is 28.5. The summed E-state index contributed by atoms with van der Waals surface area (Å²) in [5, 5.41) is 31.4. The van der Waals surface area contributed by atoms with E-state index in [1.807, 2.05) is 0 Å². The van der Waals surface area contributed by atoms with Crippen LogP contribution < -0.4 is 0 Å². The third-order valence-corrected chi connectivity index (χ3v) is 14.7. The van der Waals surface area contributed by atoms with E-state index >= 15 is 0 Å². The predicted octanol–water partition coefficient (Wildman–Crippen LogP) is 16.8. The lowest BCUT2D eigenvalue weighted by atomic mass is 9.98. The monoisotopic (exact) mass is 1090 g/mol. The van der Waals surface area contributed by atoms with Gasteiger partial charge in [-0.25, -0.2) is 4.79 Å². The molecule has 0 aromatic carbocycles. The number of carboxylic acid groups (broad SMARTS) is 1. The number of aliphatic carboxylic acids is 1. The fraction of sp³-hybridized carbons (Fsp3) is 0.846. The van der Waals surface area contributed by atoms with E-state index in [-0.39, 0.29) is 25.9 Å². The largest absolute Gasteiger partial charge is 0.479 e. The van der Waals surface area contributed by atoms with Gasteiger partial charge in [0.2, 0.25) is 0 Å². The first-order valence-electron chi connectivity index (χ1n) is 32.0. The standard InChI is InChI=1S/C65H116O12/c1-4-7-10-13-16-19-21-23-25-27-29-31-33-35-37-40-42-45-48-51-57(66)73-54-56(75-58(67)52-49-46-44-41-38-36-34-32-30-28-26-24-22-20-17-14-11-8-5-2)55-74-65-63(61(70)60(69)62(77-65)64(71)72)76-59(68)53-50-47-43-39-18-15-12-9-6-3/h16,19,23,25,29,31,56,60-63,65,69-70H,4-15,17-18,20-22,24,26-28,30,32-55H2,1-3H3,(H,71,72)/b19-16-,25-23-,31-29-. The zero-order valence-electron chi connectivity index (χ0n) is 49.5. The summed E-state index contributed by atoms with van der Waals surface area (Å²) in [6, 6.07) is 0. The summed E-state index contributed by atoms with van der Waals surface area (Å²) >= 11 is 0. The van der Waals surface area contributed by atoms with E-state index in [4.69, 9.17) is 23.7 Å². The molecule has 12 nitrogen and oxygen atoms in total. The molecule has 448 valence electrons. The molecule has 0 spiro atoms. The molecule has 6 atom stereocenters. The van der Waals surface area contributed by atoms with Crippen LogP contribution in [0.5, 0.6) is 0 Å². The highest BCUT2D eigenvalue weighted by atomic mass is 16.7. The molecule has 1 saturated heterocycles. The Morgan fingerprint density at radius 3 is 1.21 bits per heavy atom. The highest BCUT2D eigenvalue weighted by molar-refractivity contribution is 5.74. The average Bonchev–Trinajstić information content (AvgIpc) is 3.42. The summed E-state index contributed by atoms with van der Waals surface area (Å²) in [4.78, 5) is 51.1. The third kappa shape index (κ3) is 43.4. The maximum absolute atomic E-state index is 13.2. The fourth-order valence-electron chi connectivity index (χ4n) is 9.79. The Morgan fingerprint density at radius 1 is 0.429 bits per heavy atom. The van der Waals surface area contributed by atoms with Crippen molar-refractivity contribution in [2.24, 2.45) is 0 Å². The topological polar surface area (TPSA) is 175 Å². The van der Waals surface area contributed by atoms with Crippen molar-refractivity contribution >= 4 is 23.9 Å². The van der Waals surface area contributed by atoms with Crippen molar-refractivity contribution in [3.05, 3.63) is 36.5 Å². The highest BCUT2D eigenvalue weighted by Gasteiger charge is 2.50. The minimum atomic E-state index is -1.90. The first-order valence-corrected chi connectivity index (χ1v) is 32.0. The number of hydrogen-bond acceptors (Lipinski definition) is 11. The Kier molecular flexibility index (Phi) is 50.1. The minimum absolute atomic E-state index is 0.0632. The number of aliphatic hydroxyl groups is 2. The van der Waals surface area contributed by atoms with Crippen LogP contribution >= 0.6 is 0 Å². The van der Waals surface area contributed by atoms with E-state index in [0.29, 0.717) is 19.3 Å². The lowest BCUT2D eigenvalue weighted by molar-refractivity contribution is -0.301. The number of carbonyl (C=O) groups is 4. The maximum atomic E-state index is 13.2. The lowest BCUT2D eigenvalue weighted by Gasteiger charge is -2.40. The van der Waals surface area contributed by atoms with Crippen LogP contribution in [0, 0.1) is 0 Å². The van der Waals surface area contributed by atoms with Crippen LogP contribution in [0.1, 0.15) is 303 Å². The second-order valence-electron chi connectivity index (χ2n) is 22.1. The van der Waals surface area contributed by atoms with Gasteiger partial charge in [0.05, 0.1) is 6.61 Å². The Labute approximate surface area is 470 Å². The van der Waals surface area contributed by atoms with Crippen LogP contribution in [0.2, 0.25) is 0 Å². The van der Waals surface area contributed by atoms with Gasteiger partial charge in [-0.3, -0.25) is 14.4 Å². The number of unbranched alkanes of at least 4 members (excludes halogenated alkanes) is 35. The molecule has 0 aliphatic carbocycles. The third-order valence-electron chi connectivity index (χ3n) is 14.7. The van der Waals surface area contributed by atoms with Crippen molar-refractivity contribution < 1.29 is 58.2 Å². The van der Waals surface area contributed by atoms with Crippen molar-refractivity contribution in [3.8, 4) is 0 Å². The molecular weight excluding hydrogens is 973 g/mol. The van der Waals surface area contributed by atoms with Gasteiger partial charge in [0.15, 0.2) is 24.6 Å². The molecule has 6 unspecified atom stereocenters. The molecule has 0 bridgehead atoms. The number of aliphatic hydroxyl groups excluding tert-OH is 2. The van der Waals surface area contributed by atoms with Crippen LogP contribution in [-0.4, -0.2) is 89.2 Å². The quantitative estimate of drug-likeness (QED) is 0.0228. The van der Waals surface area contributed by atoms with Crippen molar-refractivity contribution in [3.63, 3.8) is 0 Å². The molecular formula is C65H116O12. The molecule has 0 saturated carbocycles. The van der Waals surface area contributed by atoms with Crippen LogP contribution in [0.15, 0.2) is 36.5 Å². The number of rotatable bonds is 55. The van der Waals surface area contributed by atoms with Crippen molar-refractivity contribution in [1.29, 1.82) is 0 Å². The second kappa shape index (κ2) is 53.6. The van der Waals surface area contributed by atoms with Crippen LogP contribution in [0.3, 0.4) is 0 Å². The molecule has 1 aliphatic heterocycles. The number of hydrogen-bond donors (Lipinski definition) is 3. The van der Waals surface area contributed by atoms with Gasteiger partial charge in [0.25, 0.3) is 0 Å².